The maximum absolute atomic E-state index is 4.44. The van der Waals surface area contributed by atoms with Crippen molar-refractivity contribution in [1.82, 2.24) is 10.3 Å². The Balaban J connectivity index is 2.74. The summed E-state index contributed by atoms with van der Waals surface area (Å²) >= 11 is 1.87. The maximum atomic E-state index is 4.44. The monoisotopic (exact) mass is 224 g/mol. The largest absolute Gasteiger partial charge is 0.316 e. The van der Waals surface area contributed by atoms with E-state index < -0.39 is 0 Å². The number of nitrogens with zero attached hydrogens (tertiary/aromatic N) is 1. The van der Waals surface area contributed by atoms with Crippen molar-refractivity contribution in [2.45, 2.75) is 37.6 Å². The van der Waals surface area contributed by atoms with Gasteiger partial charge in [0.25, 0.3) is 0 Å². The average molecular weight is 224 g/mol. The first kappa shape index (κ1) is 12.5. The molecule has 2 nitrogen and oxygen atoms in total. The minimum absolute atomic E-state index is 0.607. The van der Waals surface area contributed by atoms with Crippen molar-refractivity contribution in [3.8, 4) is 0 Å². The summed E-state index contributed by atoms with van der Waals surface area (Å²) in [5.41, 5.74) is 1.29. The Morgan fingerprint density at radius 1 is 1.40 bits per heavy atom. The lowest BCUT2D eigenvalue weighted by molar-refractivity contribution is 0.640. The number of aromatic nitrogens is 1. The SMILES string of the molecule is CNCc1cccnc1SC(C)C(C)C. The molecule has 84 valence electrons. The second-order valence-electron chi connectivity index (χ2n) is 4.06. The van der Waals surface area contributed by atoms with Gasteiger partial charge in [-0.05, 0) is 24.6 Å². The molecule has 0 aliphatic carbocycles. The third-order valence-electron chi connectivity index (χ3n) is 2.45. The molecule has 1 heterocycles. The van der Waals surface area contributed by atoms with Gasteiger partial charge in [0.05, 0.1) is 0 Å². The van der Waals surface area contributed by atoms with Crippen LogP contribution in [0.2, 0.25) is 0 Å². The van der Waals surface area contributed by atoms with Crippen LogP contribution in [0, 0.1) is 5.92 Å². The van der Waals surface area contributed by atoms with Crippen molar-refractivity contribution in [3.05, 3.63) is 23.9 Å². The average Bonchev–Trinajstić information content (AvgIpc) is 2.21. The van der Waals surface area contributed by atoms with E-state index in [4.69, 9.17) is 0 Å². The molecule has 1 aromatic heterocycles. The van der Waals surface area contributed by atoms with E-state index in [0.29, 0.717) is 11.2 Å². The highest BCUT2D eigenvalue weighted by atomic mass is 32.2. The van der Waals surface area contributed by atoms with Crippen LogP contribution in [0.15, 0.2) is 23.4 Å². The molecular formula is C12H20N2S. The van der Waals surface area contributed by atoms with Crippen LogP contribution in [0.25, 0.3) is 0 Å². The summed E-state index contributed by atoms with van der Waals surface area (Å²) in [4.78, 5) is 4.44. The van der Waals surface area contributed by atoms with E-state index in [2.05, 4.69) is 37.1 Å². The molecule has 1 N–H and O–H groups in total. The van der Waals surface area contributed by atoms with Gasteiger partial charge in [-0.3, -0.25) is 0 Å². The predicted octanol–water partition coefficient (Wildman–Crippen LogP) is 2.94. The van der Waals surface area contributed by atoms with E-state index in [1.54, 1.807) is 0 Å². The first-order valence-electron chi connectivity index (χ1n) is 5.40. The molecule has 0 saturated carbocycles. The van der Waals surface area contributed by atoms with Gasteiger partial charge in [-0.15, -0.1) is 11.8 Å². The predicted molar refractivity (Wildman–Crippen MR) is 67.2 cm³/mol. The van der Waals surface area contributed by atoms with E-state index in [1.165, 1.54) is 5.56 Å². The summed E-state index contributed by atoms with van der Waals surface area (Å²) < 4.78 is 0. The van der Waals surface area contributed by atoms with Gasteiger partial charge in [0, 0.05) is 18.0 Å². The van der Waals surface area contributed by atoms with Gasteiger partial charge in [-0.25, -0.2) is 4.98 Å². The van der Waals surface area contributed by atoms with Gasteiger partial charge in [0.15, 0.2) is 0 Å². The van der Waals surface area contributed by atoms with Crippen LogP contribution < -0.4 is 5.32 Å². The Bertz CT molecular complexity index is 299. The number of rotatable bonds is 5. The Labute approximate surface area is 96.9 Å². The molecule has 0 fully saturated rings. The second kappa shape index (κ2) is 6.13. The van der Waals surface area contributed by atoms with Gasteiger partial charge in [-0.1, -0.05) is 26.8 Å². The normalized spacial score (nSPS) is 13.1. The molecule has 1 aromatic rings. The fourth-order valence-corrected chi connectivity index (χ4v) is 2.21. The van der Waals surface area contributed by atoms with Gasteiger partial charge in [-0.2, -0.15) is 0 Å². The summed E-state index contributed by atoms with van der Waals surface area (Å²) in [5.74, 6) is 0.680. The van der Waals surface area contributed by atoms with Crippen LogP contribution in [0.4, 0.5) is 0 Å². The van der Waals surface area contributed by atoms with Gasteiger partial charge in [0.2, 0.25) is 0 Å². The summed E-state index contributed by atoms with van der Waals surface area (Å²) in [6, 6.07) is 4.13. The van der Waals surface area contributed by atoms with Crippen LogP contribution in [0.1, 0.15) is 26.3 Å². The Kier molecular flexibility index (Phi) is 5.12. The minimum atomic E-state index is 0.607. The molecule has 1 unspecified atom stereocenters. The van der Waals surface area contributed by atoms with Crippen molar-refractivity contribution < 1.29 is 0 Å². The zero-order valence-electron chi connectivity index (χ0n) is 9.95. The molecule has 0 aromatic carbocycles. The van der Waals surface area contributed by atoms with Crippen LogP contribution in [0.3, 0.4) is 0 Å². The molecule has 0 aliphatic heterocycles. The highest BCUT2D eigenvalue weighted by Gasteiger charge is 2.12. The molecule has 0 bridgehead atoms. The molecule has 15 heavy (non-hydrogen) atoms. The van der Waals surface area contributed by atoms with E-state index in [9.17, 15) is 0 Å². The maximum Gasteiger partial charge on any atom is 0.101 e. The van der Waals surface area contributed by atoms with Crippen LogP contribution in [0.5, 0.6) is 0 Å². The molecular weight excluding hydrogens is 204 g/mol. The highest BCUT2D eigenvalue weighted by Crippen LogP contribution is 2.28. The van der Waals surface area contributed by atoms with E-state index >= 15 is 0 Å². The number of thioether (sulfide) groups is 1. The molecule has 0 amide bonds. The zero-order valence-corrected chi connectivity index (χ0v) is 10.8. The summed E-state index contributed by atoms with van der Waals surface area (Å²) in [6.07, 6.45) is 1.87. The summed E-state index contributed by atoms with van der Waals surface area (Å²) in [6.45, 7) is 7.64. The molecule has 0 aliphatic rings. The fourth-order valence-electron chi connectivity index (χ4n) is 1.17. The van der Waals surface area contributed by atoms with E-state index in [1.807, 2.05) is 31.1 Å². The number of hydrogen-bond acceptors (Lipinski definition) is 3. The molecule has 1 rings (SSSR count). The van der Waals surface area contributed by atoms with Crippen LogP contribution >= 0.6 is 11.8 Å². The minimum Gasteiger partial charge on any atom is -0.316 e. The van der Waals surface area contributed by atoms with Crippen molar-refractivity contribution in [1.29, 1.82) is 0 Å². The lowest BCUT2D eigenvalue weighted by atomic mass is 10.2. The number of nitrogens with one attached hydrogen (secondary N) is 1. The van der Waals surface area contributed by atoms with Gasteiger partial charge >= 0.3 is 0 Å². The first-order chi connectivity index (χ1) is 7.15. The number of hydrogen-bond donors (Lipinski definition) is 1. The third-order valence-corrected chi connectivity index (χ3v) is 3.96. The lowest BCUT2D eigenvalue weighted by Gasteiger charge is -2.16. The molecule has 0 radical (unpaired) electrons. The zero-order chi connectivity index (χ0) is 11.3. The Hall–Kier alpha value is -0.540. The van der Waals surface area contributed by atoms with Crippen LogP contribution in [-0.2, 0) is 6.54 Å². The first-order valence-corrected chi connectivity index (χ1v) is 6.28. The number of pyridine rings is 1. The quantitative estimate of drug-likeness (QED) is 0.778. The van der Waals surface area contributed by atoms with Crippen LogP contribution in [-0.4, -0.2) is 17.3 Å². The van der Waals surface area contributed by atoms with Crippen molar-refractivity contribution in [3.63, 3.8) is 0 Å². The molecule has 3 heteroatoms. The Morgan fingerprint density at radius 3 is 2.73 bits per heavy atom. The lowest BCUT2D eigenvalue weighted by Crippen LogP contribution is -2.10. The molecule has 1 atom stereocenters. The fraction of sp³-hybridized carbons (Fsp3) is 0.583. The highest BCUT2D eigenvalue weighted by molar-refractivity contribution is 7.99. The van der Waals surface area contributed by atoms with E-state index in [0.717, 1.165) is 11.6 Å². The summed E-state index contributed by atoms with van der Waals surface area (Å²) in [5, 5.41) is 4.94. The third kappa shape index (κ3) is 3.84. The van der Waals surface area contributed by atoms with Crippen molar-refractivity contribution in [2.75, 3.05) is 7.05 Å². The second-order valence-corrected chi connectivity index (χ2v) is 5.43. The molecule has 0 spiro atoms. The topological polar surface area (TPSA) is 24.9 Å². The summed E-state index contributed by atoms with van der Waals surface area (Å²) in [7, 11) is 1.97. The van der Waals surface area contributed by atoms with Crippen molar-refractivity contribution in [2.24, 2.45) is 5.92 Å². The molecule has 0 saturated heterocycles. The Morgan fingerprint density at radius 2 is 2.13 bits per heavy atom. The van der Waals surface area contributed by atoms with Gasteiger partial charge in [0.1, 0.15) is 5.03 Å². The standard InChI is InChI=1S/C12H20N2S/c1-9(2)10(3)15-12-11(8-13-4)6-5-7-14-12/h5-7,9-10,13H,8H2,1-4H3. The van der Waals surface area contributed by atoms with E-state index in [-0.39, 0.29) is 0 Å². The smallest absolute Gasteiger partial charge is 0.101 e. The van der Waals surface area contributed by atoms with Gasteiger partial charge < -0.3 is 5.32 Å². The van der Waals surface area contributed by atoms with Crippen molar-refractivity contribution >= 4 is 11.8 Å².